The second kappa shape index (κ2) is 7.10. The summed E-state index contributed by atoms with van der Waals surface area (Å²) in [5.74, 6) is 0.244. The fraction of sp³-hybridized carbons (Fsp3) is 0.941. The lowest BCUT2D eigenvalue weighted by Gasteiger charge is -2.38. The Balaban J connectivity index is 1.92. The molecule has 4 heteroatoms. The molecule has 2 atom stereocenters. The second-order valence-corrected chi connectivity index (χ2v) is 7.06. The number of hydrogen-bond acceptors (Lipinski definition) is 3. The average molecular weight is 296 g/mol. The predicted molar refractivity (Wildman–Crippen MR) is 85.5 cm³/mol. The number of nitrogens with one attached hydrogen (secondary N) is 1. The highest BCUT2D eigenvalue weighted by Crippen LogP contribution is 2.37. The van der Waals surface area contributed by atoms with E-state index in [9.17, 15) is 9.90 Å². The summed E-state index contributed by atoms with van der Waals surface area (Å²) < 4.78 is 0. The molecule has 2 fully saturated rings. The molecule has 0 saturated heterocycles. The Labute approximate surface area is 129 Å². The molecular formula is C17H32N2O2. The molecular weight excluding hydrogens is 264 g/mol. The molecule has 0 bridgehead atoms. The van der Waals surface area contributed by atoms with Crippen molar-refractivity contribution in [2.24, 2.45) is 5.92 Å². The van der Waals surface area contributed by atoms with Crippen LogP contribution in [0.25, 0.3) is 0 Å². The van der Waals surface area contributed by atoms with Gasteiger partial charge in [-0.3, -0.25) is 4.79 Å². The normalized spacial score (nSPS) is 37.0. The first kappa shape index (κ1) is 16.8. The summed E-state index contributed by atoms with van der Waals surface area (Å²) in [5.41, 5.74) is -0.686. The molecule has 2 N–H and O–H groups in total. The van der Waals surface area contributed by atoms with Crippen molar-refractivity contribution in [1.82, 2.24) is 10.2 Å². The summed E-state index contributed by atoms with van der Waals surface area (Å²) in [6.45, 7) is 5.02. The molecule has 0 heterocycles. The van der Waals surface area contributed by atoms with Crippen LogP contribution in [0.5, 0.6) is 0 Å². The van der Waals surface area contributed by atoms with Crippen LogP contribution >= 0.6 is 0 Å². The van der Waals surface area contributed by atoms with Crippen molar-refractivity contribution in [2.75, 3.05) is 13.6 Å². The highest BCUT2D eigenvalue weighted by Gasteiger charge is 2.46. The minimum Gasteiger partial charge on any atom is -0.480 e. The zero-order valence-electron chi connectivity index (χ0n) is 13.9. The van der Waals surface area contributed by atoms with Gasteiger partial charge in [-0.2, -0.15) is 0 Å². The van der Waals surface area contributed by atoms with E-state index in [1.54, 1.807) is 0 Å². The van der Waals surface area contributed by atoms with Gasteiger partial charge in [0.25, 0.3) is 0 Å². The number of carbonyl (C=O) groups is 1. The molecule has 0 aromatic carbocycles. The maximum Gasteiger partial charge on any atom is 0.323 e. The number of rotatable bonds is 6. The van der Waals surface area contributed by atoms with Gasteiger partial charge >= 0.3 is 5.97 Å². The van der Waals surface area contributed by atoms with Gasteiger partial charge in [0.05, 0.1) is 0 Å². The van der Waals surface area contributed by atoms with Crippen molar-refractivity contribution < 1.29 is 9.90 Å². The molecule has 0 amide bonds. The number of likely N-dealkylation sites (N-methyl/N-ethyl adjacent to an activating group) is 1. The highest BCUT2D eigenvalue weighted by molar-refractivity contribution is 5.79. The van der Waals surface area contributed by atoms with Gasteiger partial charge < -0.3 is 15.3 Å². The standard InChI is InChI=1S/C17H32N2O2/c1-4-13-6-8-14(9-7-13)19(3)15-10-11-17(12-15,16(20)21)18-5-2/h13-15,18H,4-12H2,1-3H3,(H,20,21). The number of aliphatic carboxylic acids is 1. The van der Waals surface area contributed by atoms with Gasteiger partial charge in [0.1, 0.15) is 5.54 Å². The molecule has 2 aliphatic carbocycles. The first-order valence-electron chi connectivity index (χ1n) is 8.72. The minimum absolute atomic E-state index is 0.420. The van der Waals surface area contributed by atoms with E-state index in [0.29, 0.717) is 12.1 Å². The Hall–Kier alpha value is -0.610. The van der Waals surface area contributed by atoms with Crippen LogP contribution in [0.2, 0.25) is 0 Å². The highest BCUT2D eigenvalue weighted by atomic mass is 16.4. The lowest BCUT2D eigenvalue weighted by molar-refractivity contribution is -0.144. The van der Waals surface area contributed by atoms with E-state index >= 15 is 0 Å². The lowest BCUT2D eigenvalue weighted by atomic mass is 9.83. The number of hydrogen-bond donors (Lipinski definition) is 2. The van der Waals surface area contributed by atoms with Crippen LogP contribution < -0.4 is 5.32 Å². The van der Waals surface area contributed by atoms with Crippen molar-refractivity contribution in [3.63, 3.8) is 0 Å². The third kappa shape index (κ3) is 3.59. The Kier molecular flexibility index (Phi) is 5.67. The summed E-state index contributed by atoms with van der Waals surface area (Å²) >= 11 is 0. The van der Waals surface area contributed by atoms with Crippen molar-refractivity contribution in [2.45, 2.75) is 82.8 Å². The fourth-order valence-electron chi connectivity index (χ4n) is 4.39. The summed E-state index contributed by atoms with van der Waals surface area (Å²) in [5, 5.41) is 12.8. The Morgan fingerprint density at radius 1 is 1.19 bits per heavy atom. The van der Waals surface area contributed by atoms with Gasteiger partial charge in [0, 0.05) is 12.1 Å². The van der Waals surface area contributed by atoms with Crippen LogP contribution in [0.4, 0.5) is 0 Å². The zero-order valence-corrected chi connectivity index (χ0v) is 13.9. The molecule has 2 aliphatic rings. The average Bonchev–Trinajstić information content (AvgIpc) is 2.93. The maximum atomic E-state index is 11.7. The Morgan fingerprint density at radius 2 is 1.86 bits per heavy atom. The lowest BCUT2D eigenvalue weighted by Crippen LogP contribution is -2.51. The smallest absolute Gasteiger partial charge is 0.323 e. The second-order valence-electron chi connectivity index (χ2n) is 7.06. The van der Waals surface area contributed by atoms with E-state index < -0.39 is 11.5 Å². The van der Waals surface area contributed by atoms with Gasteiger partial charge in [0.2, 0.25) is 0 Å². The van der Waals surface area contributed by atoms with Crippen LogP contribution in [0, 0.1) is 5.92 Å². The largest absolute Gasteiger partial charge is 0.480 e. The summed E-state index contributed by atoms with van der Waals surface area (Å²) in [6, 6.07) is 1.08. The van der Waals surface area contributed by atoms with Crippen LogP contribution in [0.15, 0.2) is 0 Å². The van der Waals surface area contributed by atoms with Crippen LogP contribution in [-0.2, 0) is 4.79 Å². The first-order chi connectivity index (χ1) is 10.0. The Bertz CT molecular complexity index is 353. The molecule has 122 valence electrons. The van der Waals surface area contributed by atoms with Gasteiger partial charge in [-0.25, -0.2) is 0 Å². The van der Waals surface area contributed by atoms with E-state index in [1.807, 2.05) is 6.92 Å². The van der Waals surface area contributed by atoms with Crippen molar-refractivity contribution in [3.8, 4) is 0 Å². The van der Waals surface area contributed by atoms with Crippen molar-refractivity contribution in [3.05, 3.63) is 0 Å². The quantitative estimate of drug-likeness (QED) is 0.791. The van der Waals surface area contributed by atoms with E-state index in [4.69, 9.17) is 0 Å². The number of nitrogens with zero attached hydrogens (tertiary/aromatic N) is 1. The third-order valence-electron chi connectivity index (χ3n) is 5.96. The summed E-state index contributed by atoms with van der Waals surface area (Å²) in [7, 11) is 2.21. The zero-order chi connectivity index (χ0) is 15.5. The molecule has 0 aromatic heterocycles. The molecule has 4 nitrogen and oxygen atoms in total. The van der Waals surface area contributed by atoms with Gasteiger partial charge in [-0.15, -0.1) is 0 Å². The fourth-order valence-corrected chi connectivity index (χ4v) is 4.39. The SMILES string of the molecule is CCNC1(C(=O)O)CCC(N(C)C2CCC(CC)CC2)C1. The predicted octanol–water partition coefficient (Wildman–Crippen LogP) is 2.87. The third-order valence-corrected chi connectivity index (χ3v) is 5.96. The van der Waals surface area contributed by atoms with E-state index in [2.05, 4.69) is 24.2 Å². The molecule has 21 heavy (non-hydrogen) atoms. The number of carboxylic acid groups (broad SMARTS) is 1. The van der Waals surface area contributed by atoms with Gasteiger partial charge in [-0.05, 0) is 64.5 Å². The minimum atomic E-state index is -0.686. The maximum absolute atomic E-state index is 11.7. The van der Waals surface area contributed by atoms with E-state index in [-0.39, 0.29) is 0 Å². The van der Waals surface area contributed by atoms with Crippen molar-refractivity contribution in [1.29, 1.82) is 0 Å². The molecule has 0 spiro atoms. The Morgan fingerprint density at radius 3 is 2.38 bits per heavy atom. The van der Waals surface area contributed by atoms with Crippen LogP contribution in [-0.4, -0.2) is 47.2 Å². The molecule has 2 rings (SSSR count). The van der Waals surface area contributed by atoms with Gasteiger partial charge in [0.15, 0.2) is 0 Å². The summed E-state index contributed by atoms with van der Waals surface area (Å²) in [4.78, 5) is 14.2. The van der Waals surface area contributed by atoms with Crippen LogP contribution in [0.3, 0.4) is 0 Å². The van der Waals surface area contributed by atoms with Gasteiger partial charge in [-0.1, -0.05) is 20.3 Å². The first-order valence-corrected chi connectivity index (χ1v) is 8.72. The number of carboxylic acids is 1. The topological polar surface area (TPSA) is 52.6 Å². The van der Waals surface area contributed by atoms with E-state index in [0.717, 1.165) is 31.7 Å². The van der Waals surface area contributed by atoms with E-state index in [1.165, 1.54) is 32.1 Å². The van der Waals surface area contributed by atoms with Crippen molar-refractivity contribution >= 4 is 5.97 Å². The molecule has 2 unspecified atom stereocenters. The monoisotopic (exact) mass is 296 g/mol. The molecule has 0 radical (unpaired) electrons. The molecule has 2 saturated carbocycles. The molecule has 0 aromatic rings. The van der Waals surface area contributed by atoms with Crippen LogP contribution in [0.1, 0.15) is 65.2 Å². The summed E-state index contributed by atoms with van der Waals surface area (Å²) in [6.07, 6.45) is 9.08. The molecule has 0 aliphatic heterocycles.